The van der Waals surface area contributed by atoms with Gasteiger partial charge in [0, 0.05) is 11.1 Å². The van der Waals surface area contributed by atoms with Gasteiger partial charge < -0.3 is 14.2 Å². The van der Waals surface area contributed by atoms with Gasteiger partial charge in [-0.25, -0.2) is 0 Å². The van der Waals surface area contributed by atoms with Crippen LogP contribution in [0.4, 0.5) is 0 Å². The second-order valence-electron chi connectivity index (χ2n) is 6.01. The number of rotatable bonds is 11. The fraction of sp³-hybridized carbons (Fsp3) is 0.292. The molecule has 0 atom stereocenters. The van der Waals surface area contributed by atoms with E-state index in [1.54, 1.807) is 36.4 Å². The van der Waals surface area contributed by atoms with Crippen molar-refractivity contribution in [1.29, 1.82) is 0 Å². The fourth-order valence-electron chi connectivity index (χ4n) is 2.80. The molecule has 4 heteroatoms. The third kappa shape index (κ3) is 5.74. The van der Waals surface area contributed by atoms with Crippen molar-refractivity contribution in [3.63, 3.8) is 0 Å². The largest absolute Gasteiger partial charge is 0.494 e. The quantitative estimate of drug-likeness (QED) is 0.293. The molecule has 4 nitrogen and oxygen atoms in total. The summed E-state index contributed by atoms with van der Waals surface area (Å²) in [5.74, 6) is 2.18. The van der Waals surface area contributed by atoms with E-state index in [1.807, 2.05) is 39.0 Å². The van der Waals surface area contributed by atoms with Gasteiger partial charge in [-0.2, -0.15) is 0 Å². The molecular weight excluding hydrogens is 352 g/mol. The van der Waals surface area contributed by atoms with Crippen LogP contribution in [0.15, 0.2) is 55.1 Å². The van der Waals surface area contributed by atoms with Gasteiger partial charge in [0.25, 0.3) is 0 Å². The van der Waals surface area contributed by atoms with Crippen molar-refractivity contribution in [2.75, 3.05) is 19.8 Å². The Morgan fingerprint density at radius 1 is 0.929 bits per heavy atom. The number of ether oxygens (including phenoxy) is 3. The molecule has 0 aromatic heterocycles. The highest BCUT2D eigenvalue weighted by Crippen LogP contribution is 2.32. The third-order valence-electron chi connectivity index (χ3n) is 4.02. The fourth-order valence-corrected chi connectivity index (χ4v) is 2.80. The maximum atomic E-state index is 12.5. The maximum Gasteiger partial charge on any atom is 0.185 e. The van der Waals surface area contributed by atoms with Gasteiger partial charge in [-0.15, -0.1) is 6.58 Å². The first kappa shape index (κ1) is 21.3. The lowest BCUT2D eigenvalue weighted by molar-refractivity contribution is 0.104. The zero-order valence-electron chi connectivity index (χ0n) is 16.9. The Morgan fingerprint density at radius 3 is 2.00 bits per heavy atom. The number of carbonyl (C=O) groups excluding carboxylic acids is 1. The number of carbonyl (C=O) groups is 1. The molecule has 0 heterocycles. The van der Waals surface area contributed by atoms with E-state index < -0.39 is 0 Å². The van der Waals surface area contributed by atoms with Crippen LogP contribution in [0.5, 0.6) is 17.2 Å². The van der Waals surface area contributed by atoms with Gasteiger partial charge in [0.15, 0.2) is 5.78 Å². The van der Waals surface area contributed by atoms with E-state index in [0.29, 0.717) is 31.8 Å². The zero-order chi connectivity index (χ0) is 20.4. The molecule has 0 bridgehead atoms. The van der Waals surface area contributed by atoms with Gasteiger partial charge in [-0.05, 0) is 75.2 Å². The summed E-state index contributed by atoms with van der Waals surface area (Å²) in [5.41, 5.74) is 2.42. The zero-order valence-corrected chi connectivity index (χ0v) is 16.9. The van der Waals surface area contributed by atoms with Gasteiger partial charge in [0.2, 0.25) is 0 Å². The van der Waals surface area contributed by atoms with E-state index in [4.69, 9.17) is 14.2 Å². The molecular formula is C24H28O4. The summed E-state index contributed by atoms with van der Waals surface area (Å²) < 4.78 is 17.0. The topological polar surface area (TPSA) is 44.8 Å². The first-order chi connectivity index (χ1) is 13.6. The molecule has 0 N–H and O–H groups in total. The van der Waals surface area contributed by atoms with Crippen LogP contribution in [0, 0.1) is 0 Å². The van der Waals surface area contributed by atoms with Crippen molar-refractivity contribution < 1.29 is 19.0 Å². The number of hydrogen-bond donors (Lipinski definition) is 0. The minimum absolute atomic E-state index is 0.0749. The molecule has 0 radical (unpaired) electrons. The molecule has 0 aliphatic rings. The Morgan fingerprint density at radius 2 is 1.50 bits per heavy atom. The summed E-state index contributed by atoms with van der Waals surface area (Å²) >= 11 is 0. The molecule has 0 saturated carbocycles. The van der Waals surface area contributed by atoms with E-state index in [-0.39, 0.29) is 5.78 Å². The Hall–Kier alpha value is -3.01. The molecule has 0 fully saturated rings. The van der Waals surface area contributed by atoms with Gasteiger partial charge in [0.05, 0.1) is 19.8 Å². The molecule has 2 aromatic rings. The van der Waals surface area contributed by atoms with E-state index in [9.17, 15) is 4.79 Å². The third-order valence-corrected chi connectivity index (χ3v) is 4.02. The predicted octanol–water partition coefficient (Wildman–Crippen LogP) is 5.51. The summed E-state index contributed by atoms with van der Waals surface area (Å²) in [7, 11) is 0. The minimum Gasteiger partial charge on any atom is -0.494 e. The number of allylic oxidation sites excluding steroid dienone is 2. The Labute approximate surface area is 167 Å². The van der Waals surface area contributed by atoms with Gasteiger partial charge in [-0.3, -0.25) is 4.79 Å². The van der Waals surface area contributed by atoms with Gasteiger partial charge in [0.1, 0.15) is 17.2 Å². The standard InChI is InChI=1S/C24H28O4/c1-5-9-21-23(27-7-3)16-18(17-24(21)28-8-4)10-15-22(25)19-11-13-20(14-12-19)26-6-2/h5,10-17H,1,6-9H2,2-4H3/b15-10+. The summed E-state index contributed by atoms with van der Waals surface area (Å²) in [6.07, 6.45) is 5.82. The Balaban J connectivity index is 2.27. The molecule has 0 amide bonds. The second kappa shape index (κ2) is 11.0. The molecule has 2 aromatic carbocycles. The molecule has 2 rings (SSSR count). The summed E-state index contributed by atoms with van der Waals surface area (Å²) in [6.45, 7) is 11.3. The lowest BCUT2D eigenvalue weighted by atomic mass is 10.0. The lowest BCUT2D eigenvalue weighted by Gasteiger charge is -2.15. The van der Waals surface area contributed by atoms with E-state index in [2.05, 4.69) is 6.58 Å². The molecule has 0 aliphatic carbocycles. The van der Waals surface area contributed by atoms with Crippen molar-refractivity contribution in [2.45, 2.75) is 27.2 Å². The Bertz CT molecular complexity index is 792. The minimum atomic E-state index is -0.0749. The Kier molecular flexibility index (Phi) is 8.35. The van der Waals surface area contributed by atoms with Crippen LogP contribution in [-0.4, -0.2) is 25.6 Å². The SMILES string of the molecule is C=CCc1c(OCC)cc(/C=C/C(=O)c2ccc(OCC)cc2)cc1OCC. The predicted molar refractivity (Wildman–Crippen MR) is 114 cm³/mol. The summed E-state index contributed by atoms with van der Waals surface area (Å²) in [4.78, 5) is 12.5. The van der Waals surface area contributed by atoms with E-state index in [1.165, 1.54) is 0 Å². The average molecular weight is 380 g/mol. The number of hydrogen-bond acceptors (Lipinski definition) is 4. The molecule has 148 valence electrons. The molecule has 0 saturated heterocycles. The lowest BCUT2D eigenvalue weighted by Crippen LogP contribution is -2.02. The van der Waals surface area contributed by atoms with Gasteiger partial charge in [-0.1, -0.05) is 12.2 Å². The van der Waals surface area contributed by atoms with Crippen LogP contribution in [0.25, 0.3) is 6.08 Å². The monoisotopic (exact) mass is 380 g/mol. The number of benzene rings is 2. The normalized spacial score (nSPS) is 10.7. The molecule has 28 heavy (non-hydrogen) atoms. The highest BCUT2D eigenvalue weighted by molar-refractivity contribution is 6.06. The molecule has 0 unspecified atom stereocenters. The number of ketones is 1. The van der Waals surface area contributed by atoms with Crippen LogP contribution in [0.1, 0.15) is 42.3 Å². The highest BCUT2D eigenvalue weighted by Gasteiger charge is 2.12. The van der Waals surface area contributed by atoms with E-state index in [0.717, 1.165) is 28.4 Å². The van der Waals surface area contributed by atoms with Crippen molar-refractivity contribution >= 4 is 11.9 Å². The smallest absolute Gasteiger partial charge is 0.185 e. The van der Waals surface area contributed by atoms with Crippen molar-refractivity contribution in [2.24, 2.45) is 0 Å². The first-order valence-corrected chi connectivity index (χ1v) is 9.61. The maximum absolute atomic E-state index is 12.5. The summed E-state index contributed by atoms with van der Waals surface area (Å²) in [6, 6.07) is 11.0. The average Bonchev–Trinajstić information content (AvgIpc) is 2.70. The van der Waals surface area contributed by atoms with Crippen molar-refractivity contribution in [3.8, 4) is 17.2 Å². The van der Waals surface area contributed by atoms with Crippen molar-refractivity contribution in [1.82, 2.24) is 0 Å². The molecule has 0 spiro atoms. The van der Waals surface area contributed by atoms with Crippen LogP contribution < -0.4 is 14.2 Å². The summed E-state index contributed by atoms with van der Waals surface area (Å²) in [5, 5.41) is 0. The van der Waals surface area contributed by atoms with Crippen LogP contribution in [-0.2, 0) is 6.42 Å². The van der Waals surface area contributed by atoms with Crippen LogP contribution >= 0.6 is 0 Å². The van der Waals surface area contributed by atoms with Crippen LogP contribution in [0.2, 0.25) is 0 Å². The van der Waals surface area contributed by atoms with Crippen LogP contribution in [0.3, 0.4) is 0 Å². The van der Waals surface area contributed by atoms with Gasteiger partial charge >= 0.3 is 0 Å². The van der Waals surface area contributed by atoms with Crippen molar-refractivity contribution in [3.05, 3.63) is 71.8 Å². The molecule has 0 aliphatic heterocycles. The second-order valence-corrected chi connectivity index (χ2v) is 6.01. The first-order valence-electron chi connectivity index (χ1n) is 9.61. The highest BCUT2D eigenvalue weighted by atomic mass is 16.5. The van der Waals surface area contributed by atoms with E-state index >= 15 is 0 Å².